The summed E-state index contributed by atoms with van der Waals surface area (Å²) in [6, 6.07) is 17.1. The van der Waals surface area contributed by atoms with E-state index in [0.29, 0.717) is 24.5 Å². The number of hydrogen-bond acceptors (Lipinski definition) is 3. The average molecular weight is 370 g/mol. The lowest BCUT2D eigenvalue weighted by Crippen LogP contribution is -3.11. The van der Waals surface area contributed by atoms with Crippen molar-refractivity contribution in [2.75, 3.05) is 39.1 Å². The monoisotopic (exact) mass is 370 g/mol. The number of amides is 2. The molecule has 0 aromatic heterocycles. The van der Waals surface area contributed by atoms with Crippen molar-refractivity contribution in [2.45, 2.75) is 13.5 Å². The number of nitrogens with one attached hydrogen (secondary N) is 2. The molecule has 1 atom stereocenters. The molecule has 0 saturated heterocycles. The van der Waals surface area contributed by atoms with E-state index in [1.54, 1.807) is 24.1 Å². The minimum Gasteiger partial charge on any atom is -0.497 e. The van der Waals surface area contributed by atoms with E-state index < -0.39 is 0 Å². The smallest absolute Gasteiger partial charge is 0.279 e. The Kier molecular flexibility index (Phi) is 7.82. The van der Waals surface area contributed by atoms with Crippen LogP contribution >= 0.6 is 0 Å². The summed E-state index contributed by atoms with van der Waals surface area (Å²) < 4.78 is 5.15. The van der Waals surface area contributed by atoms with Gasteiger partial charge in [-0.2, -0.15) is 0 Å². The highest BCUT2D eigenvalue weighted by Crippen LogP contribution is 2.16. The van der Waals surface area contributed by atoms with E-state index in [1.165, 1.54) is 0 Å². The van der Waals surface area contributed by atoms with Crippen LogP contribution < -0.4 is 15.0 Å². The highest BCUT2D eigenvalue weighted by molar-refractivity contribution is 5.91. The molecule has 2 aromatic carbocycles. The van der Waals surface area contributed by atoms with Gasteiger partial charge in [0.25, 0.3) is 11.8 Å². The van der Waals surface area contributed by atoms with E-state index >= 15 is 0 Å². The van der Waals surface area contributed by atoms with Crippen LogP contribution in [-0.4, -0.2) is 50.5 Å². The molecule has 2 amide bonds. The Balaban J connectivity index is 1.84. The molecule has 2 N–H and O–H groups in total. The molecule has 0 radical (unpaired) electrons. The van der Waals surface area contributed by atoms with Crippen molar-refractivity contribution in [1.82, 2.24) is 4.90 Å². The van der Waals surface area contributed by atoms with Crippen molar-refractivity contribution in [3.8, 4) is 5.75 Å². The molecular weight excluding hydrogens is 342 g/mol. The first kappa shape index (κ1) is 20.5. The predicted octanol–water partition coefficient (Wildman–Crippen LogP) is 1.20. The number of likely N-dealkylation sites (N-methyl/N-ethyl adjacent to an activating group) is 2. The van der Waals surface area contributed by atoms with E-state index in [2.05, 4.69) is 5.32 Å². The second kappa shape index (κ2) is 10.3. The Bertz CT molecular complexity index is 749. The van der Waals surface area contributed by atoms with Gasteiger partial charge in [0.05, 0.1) is 14.2 Å². The number of methoxy groups -OCH3 is 1. The molecule has 0 spiro atoms. The van der Waals surface area contributed by atoms with E-state index in [-0.39, 0.29) is 24.9 Å². The normalized spacial score (nSPS) is 11.5. The first-order valence-corrected chi connectivity index (χ1v) is 9.08. The van der Waals surface area contributed by atoms with Gasteiger partial charge in [-0.05, 0) is 24.6 Å². The highest BCUT2D eigenvalue weighted by Gasteiger charge is 2.19. The summed E-state index contributed by atoms with van der Waals surface area (Å²) in [5.41, 5.74) is 1.78. The van der Waals surface area contributed by atoms with Crippen LogP contribution in [0.25, 0.3) is 0 Å². The molecule has 1 unspecified atom stereocenters. The molecule has 0 aliphatic carbocycles. The van der Waals surface area contributed by atoms with Gasteiger partial charge in [-0.3, -0.25) is 9.59 Å². The number of benzene rings is 2. The molecule has 144 valence electrons. The largest absolute Gasteiger partial charge is 0.497 e. The Morgan fingerprint density at radius 1 is 1.07 bits per heavy atom. The van der Waals surface area contributed by atoms with Gasteiger partial charge in [-0.15, -0.1) is 0 Å². The van der Waals surface area contributed by atoms with Gasteiger partial charge in [0, 0.05) is 24.8 Å². The zero-order chi connectivity index (χ0) is 19.6. The number of hydrogen-bond donors (Lipinski definition) is 2. The Morgan fingerprint density at radius 3 is 2.48 bits per heavy atom. The van der Waals surface area contributed by atoms with Crippen molar-refractivity contribution in [3.05, 3.63) is 60.2 Å². The van der Waals surface area contributed by atoms with E-state index in [1.807, 2.05) is 56.4 Å². The number of carbonyl (C=O) groups excluding carboxylic acids is 2. The maximum absolute atomic E-state index is 12.6. The zero-order valence-electron chi connectivity index (χ0n) is 16.2. The second-order valence-electron chi connectivity index (χ2n) is 6.48. The fourth-order valence-electron chi connectivity index (χ4n) is 2.79. The maximum Gasteiger partial charge on any atom is 0.279 e. The van der Waals surface area contributed by atoms with Crippen molar-refractivity contribution in [2.24, 2.45) is 0 Å². The number of rotatable bonds is 9. The number of nitrogens with zero attached hydrogens (tertiary/aromatic N) is 1. The Morgan fingerprint density at radius 2 is 1.81 bits per heavy atom. The first-order chi connectivity index (χ1) is 13.0. The number of anilines is 1. The third-order valence-corrected chi connectivity index (χ3v) is 4.22. The number of carbonyl (C=O) groups is 2. The molecule has 2 aromatic rings. The van der Waals surface area contributed by atoms with Crippen molar-refractivity contribution < 1.29 is 19.2 Å². The Labute approximate surface area is 160 Å². The van der Waals surface area contributed by atoms with Gasteiger partial charge < -0.3 is 19.9 Å². The van der Waals surface area contributed by atoms with E-state index in [4.69, 9.17) is 4.74 Å². The van der Waals surface area contributed by atoms with Crippen LogP contribution in [0.2, 0.25) is 0 Å². The lowest BCUT2D eigenvalue weighted by molar-refractivity contribution is -0.862. The molecule has 6 nitrogen and oxygen atoms in total. The van der Waals surface area contributed by atoms with Gasteiger partial charge in [0.15, 0.2) is 13.1 Å². The van der Waals surface area contributed by atoms with Crippen LogP contribution in [0, 0.1) is 0 Å². The molecular formula is C21H28N3O3+. The molecule has 0 bridgehead atoms. The van der Waals surface area contributed by atoms with Crippen LogP contribution in [0.4, 0.5) is 5.69 Å². The van der Waals surface area contributed by atoms with Gasteiger partial charge in [0.2, 0.25) is 0 Å². The standard InChI is InChI=1S/C21H27N3O3/c1-4-24(14-17-9-6-5-7-10-17)21(26)16-23(2)15-20(25)22-18-11-8-12-19(13-18)27-3/h5-13H,4,14-16H2,1-3H3,(H,22,25)/p+1. The highest BCUT2D eigenvalue weighted by atomic mass is 16.5. The van der Waals surface area contributed by atoms with Crippen molar-refractivity contribution >= 4 is 17.5 Å². The molecule has 0 aliphatic heterocycles. The van der Waals surface area contributed by atoms with Crippen LogP contribution in [0.3, 0.4) is 0 Å². The van der Waals surface area contributed by atoms with Gasteiger partial charge >= 0.3 is 0 Å². The quantitative estimate of drug-likeness (QED) is 0.697. The first-order valence-electron chi connectivity index (χ1n) is 9.08. The predicted molar refractivity (Wildman–Crippen MR) is 106 cm³/mol. The molecule has 0 aliphatic rings. The number of ether oxygens (including phenoxy) is 1. The molecule has 2 rings (SSSR count). The van der Waals surface area contributed by atoms with Gasteiger partial charge in [-0.1, -0.05) is 36.4 Å². The zero-order valence-corrected chi connectivity index (χ0v) is 16.2. The third kappa shape index (κ3) is 6.75. The summed E-state index contributed by atoms with van der Waals surface area (Å²) in [6.45, 7) is 3.67. The number of quaternary nitrogens is 1. The molecule has 27 heavy (non-hydrogen) atoms. The topological polar surface area (TPSA) is 63.1 Å². The van der Waals surface area contributed by atoms with Crippen molar-refractivity contribution in [3.63, 3.8) is 0 Å². The van der Waals surface area contributed by atoms with Crippen LogP contribution in [0.5, 0.6) is 5.75 Å². The van der Waals surface area contributed by atoms with Crippen molar-refractivity contribution in [1.29, 1.82) is 0 Å². The summed E-state index contributed by atoms with van der Waals surface area (Å²) in [5, 5.41) is 2.84. The second-order valence-corrected chi connectivity index (χ2v) is 6.48. The molecule has 6 heteroatoms. The Hall–Kier alpha value is -2.86. The fraction of sp³-hybridized carbons (Fsp3) is 0.333. The summed E-state index contributed by atoms with van der Waals surface area (Å²) in [5.74, 6) is 0.580. The van der Waals surface area contributed by atoms with Gasteiger partial charge in [0.1, 0.15) is 5.75 Å². The molecule has 0 fully saturated rings. The summed E-state index contributed by atoms with van der Waals surface area (Å²) in [4.78, 5) is 27.5. The van der Waals surface area contributed by atoms with Crippen LogP contribution in [0.15, 0.2) is 54.6 Å². The molecule has 0 heterocycles. The minimum absolute atomic E-state index is 0.0352. The van der Waals surface area contributed by atoms with Crippen LogP contribution in [-0.2, 0) is 16.1 Å². The SMILES string of the molecule is CCN(Cc1ccccc1)C(=O)C[NH+](C)CC(=O)Nc1cccc(OC)c1. The third-order valence-electron chi connectivity index (χ3n) is 4.22. The van der Waals surface area contributed by atoms with Crippen LogP contribution in [0.1, 0.15) is 12.5 Å². The van der Waals surface area contributed by atoms with Gasteiger partial charge in [-0.25, -0.2) is 0 Å². The minimum atomic E-state index is -0.139. The lowest BCUT2D eigenvalue weighted by atomic mass is 10.2. The summed E-state index contributed by atoms with van der Waals surface area (Å²) >= 11 is 0. The van der Waals surface area contributed by atoms with E-state index in [0.717, 1.165) is 10.5 Å². The summed E-state index contributed by atoms with van der Waals surface area (Å²) in [7, 11) is 3.43. The molecule has 0 saturated carbocycles. The lowest BCUT2D eigenvalue weighted by Gasteiger charge is -2.22. The summed E-state index contributed by atoms with van der Waals surface area (Å²) in [6.07, 6.45) is 0. The van der Waals surface area contributed by atoms with E-state index in [9.17, 15) is 9.59 Å². The maximum atomic E-state index is 12.6. The fourth-order valence-corrected chi connectivity index (χ4v) is 2.79. The average Bonchev–Trinajstić information content (AvgIpc) is 2.66.